The Morgan fingerprint density at radius 1 is 0.833 bits per heavy atom. The predicted octanol–water partition coefficient (Wildman–Crippen LogP) is 6.55. The Bertz CT molecular complexity index is 971. The highest BCUT2D eigenvalue weighted by Crippen LogP contribution is 2.36. The number of azo groups is 1. The van der Waals surface area contributed by atoms with Gasteiger partial charge in [-0.3, -0.25) is 0 Å². The minimum absolute atomic E-state index is 0.276. The average molecular weight is 372 g/mol. The second-order valence-corrected chi connectivity index (χ2v) is 7.68. The molecule has 0 N–H and O–H groups in total. The molecule has 24 heavy (non-hydrogen) atoms. The van der Waals surface area contributed by atoms with E-state index < -0.39 is 0 Å². The first-order valence-corrected chi connectivity index (χ1v) is 9.44. The lowest BCUT2D eigenvalue weighted by Gasteiger charge is -1.92. The first-order valence-electron chi connectivity index (χ1n) is 6.93. The Labute approximate surface area is 149 Å². The number of hydrogen-bond donors (Lipinski definition) is 0. The van der Waals surface area contributed by atoms with E-state index in [4.69, 9.17) is 0 Å². The highest BCUT2D eigenvalue weighted by atomic mass is 32.1. The van der Waals surface area contributed by atoms with Crippen LogP contribution in [0.2, 0.25) is 0 Å². The summed E-state index contributed by atoms with van der Waals surface area (Å²) in [7, 11) is 0. The fourth-order valence-electron chi connectivity index (χ4n) is 1.99. The zero-order chi connectivity index (χ0) is 16.4. The quantitative estimate of drug-likeness (QED) is 0.381. The van der Waals surface area contributed by atoms with Crippen molar-refractivity contribution in [3.8, 4) is 20.3 Å². The lowest BCUT2D eigenvalue weighted by molar-refractivity contribution is 0.628. The minimum atomic E-state index is -0.276. The second kappa shape index (κ2) is 6.68. The van der Waals surface area contributed by atoms with Crippen LogP contribution in [0.5, 0.6) is 0 Å². The van der Waals surface area contributed by atoms with Crippen molar-refractivity contribution < 1.29 is 4.39 Å². The van der Waals surface area contributed by atoms with Crippen LogP contribution in [0.4, 0.5) is 14.5 Å². The molecule has 0 spiro atoms. The molecule has 0 amide bonds. The van der Waals surface area contributed by atoms with E-state index >= 15 is 0 Å². The summed E-state index contributed by atoms with van der Waals surface area (Å²) in [5.41, 5.74) is 0.812. The molecule has 4 rings (SSSR count). The van der Waals surface area contributed by atoms with Gasteiger partial charge in [-0.15, -0.1) is 43.1 Å². The van der Waals surface area contributed by atoms with E-state index in [9.17, 15) is 4.39 Å². The van der Waals surface area contributed by atoms with Gasteiger partial charge in [0.1, 0.15) is 15.8 Å². The van der Waals surface area contributed by atoms with Crippen molar-refractivity contribution in [2.45, 2.75) is 0 Å². The fourth-order valence-corrected chi connectivity index (χ4v) is 4.32. The summed E-state index contributed by atoms with van der Waals surface area (Å²) in [6, 6.07) is 14.2. The maximum absolute atomic E-state index is 13.0. The monoisotopic (exact) mass is 372 g/mol. The number of hydrogen-bond acceptors (Lipinski definition) is 7. The largest absolute Gasteiger partial charge is 0.252 e. The highest BCUT2D eigenvalue weighted by Gasteiger charge is 2.07. The molecule has 4 aromatic rings. The molecule has 0 aliphatic rings. The number of benzene rings is 1. The smallest absolute Gasteiger partial charge is 0.207 e. The molecule has 0 bridgehead atoms. The number of halogens is 1. The van der Waals surface area contributed by atoms with Gasteiger partial charge in [-0.1, -0.05) is 17.4 Å². The molecular formula is C16H9FN4S3. The summed E-state index contributed by atoms with van der Waals surface area (Å²) in [4.78, 5) is 2.39. The van der Waals surface area contributed by atoms with E-state index in [2.05, 4.69) is 31.9 Å². The molecule has 4 nitrogen and oxygen atoms in total. The van der Waals surface area contributed by atoms with Crippen molar-refractivity contribution in [1.82, 2.24) is 10.2 Å². The molecule has 0 aliphatic heterocycles. The van der Waals surface area contributed by atoms with Crippen LogP contribution in [0, 0.1) is 5.82 Å². The highest BCUT2D eigenvalue weighted by molar-refractivity contribution is 7.23. The standard InChI is InChI=1S/C16H9FN4S3/c17-11-5-3-10(4-6-11)15-19-21-16(24-15)20-18-14-8-7-13(23-14)12-2-1-9-22-12/h1-9H/b20-18+. The average Bonchev–Trinajstić information content (AvgIpc) is 3.34. The molecule has 8 heteroatoms. The van der Waals surface area contributed by atoms with Gasteiger partial charge in [0.05, 0.1) is 0 Å². The topological polar surface area (TPSA) is 50.5 Å². The maximum Gasteiger partial charge on any atom is 0.252 e. The third-order valence-corrected chi connectivity index (χ3v) is 5.99. The minimum Gasteiger partial charge on any atom is -0.207 e. The van der Waals surface area contributed by atoms with E-state index in [-0.39, 0.29) is 5.82 Å². The second-order valence-electron chi connectivity index (χ2n) is 4.71. The molecule has 3 aromatic heterocycles. The Balaban J connectivity index is 1.51. The van der Waals surface area contributed by atoms with Crippen LogP contribution < -0.4 is 0 Å². The molecule has 1 aromatic carbocycles. The fraction of sp³-hybridized carbons (Fsp3) is 0. The molecule has 0 fully saturated rings. The van der Waals surface area contributed by atoms with Crippen molar-refractivity contribution in [2.24, 2.45) is 10.2 Å². The summed E-state index contributed by atoms with van der Waals surface area (Å²) in [5.74, 6) is -0.276. The Morgan fingerprint density at radius 2 is 1.71 bits per heavy atom. The summed E-state index contributed by atoms with van der Waals surface area (Å²) >= 11 is 4.59. The SMILES string of the molecule is Fc1ccc(-c2nnc(/N=N/c3ccc(-c4cccs4)s3)s2)cc1. The number of rotatable bonds is 4. The summed E-state index contributed by atoms with van der Waals surface area (Å²) in [5, 5.41) is 20.5. The van der Waals surface area contributed by atoms with Crippen LogP contribution in [0.25, 0.3) is 20.3 Å². The van der Waals surface area contributed by atoms with Crippen LogP contribution in [-0.4, -0.2) is 10.2 Å². The van der Waals surface area contributed by atoms with Crippen molar-refractivity contribution in [2.75, 3.05) is 0 Å². The van der Waals surface area contributed by atoms with Crippen molar-refractivity contribution in [3.63, 3.8) is 0 Å². The first kappa shape index (κ1) is 15.3. The molecule has 0 saturated heterocycles. The van der Waals surface area contributed by atoms with Gasteiger partial charge in [0.15, 0.2) is 0 Å². The van der Waals surface area contributed by atoms with Crippen LogP contribution in [0.3, 0.4) is 0 Å². The van der Waals surface area contributed by atoms with Crippen LogP contribution >= 0.6 is 34.0 Å². The molecule has 0 aliphatic carbocycles. The van der Waals surface area contributed by atoms with Gasteiger partial charge >= 0.3 is 0 Å². The van der Waals surface area contributed by atoms with Crippen molar-refractivity contribution in [3.05, 3.63) is 59.7 Å². The predicted molar refractivity (Wildman–Crippen MR) is 97.1 cm³/mol. The molecule has 0 saturated carbocycles. The summed E-state index contributed by atoms with van der Waals surface area (Å²) in [6.07, 6.45) is 0. The first-order chi connectivity index (χ1) is 11.8. The van der Waals surface area contributed by atoms with Gasteiger partial charge < -0.3 is 0 Å². The zero-order valence-corrected chi connectivity index (χ0v) is 14.5. The van der Waals surface area contributed by atoms with Crippen molar-refractivity contribution >= 4 is 44.1 Å². The lowest BCUT2D eigenvalue weighted by Crippen LogP contribution is -1.77. The van der Waals surface area contributed by atoms with Crippen molar-refractivity contribution in [1.29, 1.82) is 0 Å². The van der Waals surface area contributed by atoms with E-state index in [0.717, 1.165) is 10.6 Å². The molecule has 0 atom stereocenters. The van der Waals surface area contributed by atoms with Gasteiger partial charge in [-0.05, 0) is 47.8 Å². The number of thiophene rings is 2. The molecule has 0 unspecified atom stereocenters. The van der Waals surface area contributed by atoms with Crippen LogP contribution in [0.15, 0.2) is 64.1 Å². The van der Waals surface area contributed by atoms with Gasteiger partial charge in [-0.2, -0.15) is 0 Å². The van der Waals surface area contributed by atoms with Gasteiger partial charge in [-0.25, -0.2) is 4.39 Å². The molecule has 3 heterocycles. The van der Waals surface area contributed by atoms with Crippen LogP contribution in [0.1, 0.15) is 0 Å². The lowest BCUT2D eigenvalue weighted by atomic mass is 10.2. The number of nitrogens with zero attached hydrogens (tertiary/aromatic N) is 4. The molecular weight excluding hydrogens is 363 g/mol. The van der Waals surface area contributed by atoms with E-state index in [1.54, 1.807) is 34.8 Å². The maximum atomic E-state index is 13.0. The van der Waals surface area contributed by atoms with Gasteiger partial charge in [0, 0.05) is 15.3 Å². The molecule has 0 radical (unpaired) electrons. The summed E-state index contributed by atoms with van der Waals surface area (Å²) < 4.78 is 13.0. The Hall–Kier alpha value is -2.29. The van der Waals surface area contributed by atoms with E-state index in [1.807, 2.05) is 18.2 Å². The Morgan fingerprint density at radius 3 is 2.50 bits per heavy atom. The number of aromatic nitrogens is 2. The van der Waals surface area contributed by atoms with E-state index in [0.29, 0.717) is 10.1 Å². The van der Waals surface area contributed by atoms with Gasteiger partial charge in [0.25, 0.3) is 5.13 Å². The zero-order valence-electron chi connectivity index (χ0n) is 12.1. The summed E-state index contributed by atoms with van der Waals surface area (Å²) in [6.45, 7) is 0. The van der Waals surface area contributed by atoms with Crippen LogP contribution in [-0.2, 0) is 0 Å². The van der Waals surface area contributed by atoms with Gasteiger partial charge in [0.2, 0.25) is 0 Å². The Kier molecular flexibility index (Phi) is 4.24. The molecule has 118 valence electrons. The van der Waals surface area contributed by atoms with E-state index in [1.165, 1.54) is 33.2 Å². The third kappa shape index (κ3) is 3.30. The normalized spacial score (nSPS) is 11.4. The third-order valence-electron chi connectivity index (χ3n) is 3.10.